The number of carbonyl (C=O) groups is 6. The Hall–Kier alpha value is -4.98. The lowest BCUT2D eigenvalue weighted by Gasteiger charge is -2.22. The summed E-state index contributed by atoms with van der Waals surface area (Å²) in [6, 6.07) is 9.80. The van der Waals surface area contributed by atoms with Crippen LogP contribution in [0.15, 0.2) is 54.6 Å². The molecule has 9 N–H and O–H groups in total. The molecule has 4 atom stereocenters. The van der Waals surface area contributed by atoms with Gasteiger partial charge in [-0.1, -0.05) is 42.5 Å². The summed E-state index contributed by atoms with van der Waals surface area (Å²) in [6.45, 7) is 0.745. The van der Waals surface area contributed by atoms with Crippen LogP contribution in [0.5, 0.6) is 5.75 Å². The topological polar surface area (TPSA) is 237 Å². The first-order chi connectivity index (χ1) is 19.8. The fourth-order valence-corrected chi connectivity index (χ4v) is 3.79. The van der Waals surface area contributed by atoms with Crippen molar-refractivity contribution in [2.45, 2.75) is 56.8 Å². The first-order valence-corrected chi connectivity index (χ1v) is 13.1. The summed E-state index contributed by atoms with van der Waals surface area (Å²) in [5.74, 6) is -5.59. The normalized spacial score (nSPS) is 13.5. The van der Waals surface area contributed by atoms with Crippen LogP contribution < -0.4 is 27.0 Å². The van der Waals surface area contributed by atoms with Gasteiger partial charge in [-0.2, -0.15) is 0 Å². The molecule has 42 heavy (non-hydrogen) atoms. The second-order valence-corrected chi connectivity index (χ2v) is 9.57. The zero-order chi connectivity index (χ0) is 31.2. The van der Waals surface area contributed by atoms with Crippen LogP contribution in [-0.2, 0) is 41.6 Å². The average Bonchev–Trinajstić information content (AvgIpc) is 2.94. The molecule has 2 rings (SSSR count). The molecule has 14 nitrogen and oxygen atoms in total. The van der Waals surface area contributed by atoms with Crippen molar-refractivity contribution in [1.29, 1.82) is 0 Å². The Bertz CT molecular complexity index is 1250. The Labute approximate surface area is 241 Å². The van der Waals surface area contributed by atoms with E-state index in [4.69, 9.17) is 10.8 Å². The smallest absolute Gasteiger partial charge is 0.326 e. The van der Waals surface area contributed by atoms with Crippen molar-refractivity contribution in [3.8, 4) is 5.75 Å². The number of nitrogens with two attached hydrogens (primary N) is 1. The largest absolute Gasteiger partial charge is 0.508 e. The summed E-state index contributed by atoms with van der Waals surface area (Å²) >= 11 is 0. The van der Waals surface area contributed by atoms with E-state index >= 15 is 0 Å². The average molecular weight is 586 g/mol. The van der Waals surface area contributed by atoms with E-state index in [0.717, 1.165) is 0 Å². The monoisotopic (exact) mass is 585 g/mol. The van der Waals surface area contributed by atoms with Gasteiger partial charge in [0.05, 0.1) is 12.6 Å². The predicted molar refractivity (Wildman–Crippen MR) is 149 cm³/mol. The van der Waals surface area contributed by atoms with Gasteiger partial charge < -0.3 is 42.3 Å². The number of rotatable bonds is 16. The summed E-state index contributed by atoms with van der Waals surface area (Å²) in [5, 5.41) is 37.3. The van der Waals surface area contributed by atoms with E-state index < -0.39 is 72.7 Å². The lowest BCUT2D eigenvalue weighted by molar-refractivity contribution is -0.142. The molecule has 2 aromatic carbocycles. The van der Waals surface area contributed by atoms with Crippen LogP contribution in [0.4, 0.5) is 0 Å². The molecule has 2 aromatic rings. The molecule has 0 radical (unpaired) electrons. The molecule has 0 heterocycles. The number of benzene rings is 2. The van der Waals surface area contributed by atoms with Gasteiger partial charge in [-0.05, 0) is 43.0 Å². The number of hydrogen-bond acceptors (Lipinski definition) is 8. The lowest BCUT2D eigenvalue weighted by atomic mass is 10.1. The maximum atomic E-state index is 12.9. The Morgan fingerprint density at radius 1 is 0.762 bits per heavy atom. The highest BCUT2D eigenvalue weighted by Gasteiger charge is 2.28. The second kappa shape index (κ2) is 16.3. The number of amides is 4. The Morgan fingerprint density at radius 3 is 1.98 bits per heavy atom. The van der Waals surface area contributed by atoms with Gasteiger partial charge in [-0.15, -0.1) is 0 Å². The molecule has 0 spiro atoms. The van der Waals surface area contributed by atoms with Gasteiger partial charge in [-0.3, -0.25) is 24.0 Å². The zero-order valence-electron chi connectivity index (χ0n) is 22.9. The molecule has 0 saturated heterocycles. The Morgan fingerprint density at radius 2 is 1.38 bits per heavy atom. The Kier molecular flexibility index (Phi) is 12.9. The van der Waals surface area contributed by atoms with E-state index in [1.807, 2.05) is 0 Å². The van der Waals surface area contributed by atoms with Crippen LogP contribution in [0.25, 0.3) is 0 Å². The van der Waals surface area contributed by atoms with Crippen molar-refractivity contribution in [3.63, 3.8) is 0 Å². The minimum Gasteiger partial charge on any atom is -0.508 e. The number of carbonyl (C=O) groups excluding carboxylic acids is 4. The molecule has 0 aliphatic carbocycles. The molecule has 0 bridgehead atoms. The highest BCUT2D eigenvalue weighted by atomic mass is 16.4. The summed E-state index contributed by atoms with van der Waals surface area (Å²) < 4.78 is 0. The summed E-state index contributed by atoms with van der Waals surface area (Å²) in [4.78, 5) is 73.0. The summed E-state index contributed by atoms with van der Waals surface area (Å²) in [7, 11) is 0. The minimum atomic E-state index is -1.37. The van der Waals surface area contributed by atoms with Crippen LogP contribution >= 0.6 is 0 Å². The van der Waals surface area contributed by atoms with Crippen molar-refractivity contribution in [1.82, 2.24) is 21.3 Å². The van der Waals surface area contributed by atoms with Gasteiger partial charge in [0, 0.05) is 12.8 Å². The number of carboxylic acid groups (broad SMARTS) is 2. The van der Waals surface area contributed by atoms with Crippen molar-refractivity contribution < 1.29 is 44.1 Å². The van der Waals surface area contributed by atoms with Crippen LogP contribution in [0, 0.1) is 0 Å². The third kappa shape index (κ3) is 11.6. The van der Waals surface area contributed by atoms with Crippen LogP contribution in [0.3, 0.4) is 0 Å². The quantitative estimate of drug-likeness (QED) is 0.120. The van der Waals surface area contributed by atoms with E-state index in [0.29, 0.717) is 11.1 Å². The SMILES string of the molecule is C[C@H](NC(=O)[C@H](CCC(=O)O)NC(=O)CNC(=O)[C@@H](N)Cc1ccc(O)cc1)C(=O)N[C@@H](Cc1ccccc1)C(=O)O. The Balaban J connectivity index is 1.93. The highest BCUT2D eigenvalue weighted by Crippen LogP contribution is 2.11. The standard InChI is InChI=1S/C28H35N5O9/c1-16(25(38)33-22(28(41)42)14-17-5-3-2-4-6-17)31-27(40)21(11-12-24(36)37)32-23(35)15-30-26(39)20(29)13-18-7-9-19(34)10-8-18/h2-10,16,20-22,34H,11-15,29H2,1H3,(H,30,39)(H,31,40)(H,32,35)(H,33,38)(H,36,37)(H,41,42)/t16-,20-,21-,22-/m0/s1. The van der Waals surface area contributed by atoms with E-state index in [9.17, 15) is 39.0 Å². The van der Waals surface area contributed by atoms with Gasteiger partial charge in [-0.25, -0.2) is 4.79 Å². The molecular weight excluding hydrogens is 550 g/mol. The van der Waals surface area contributed by atoms with E-state index in [-0.39, 0.29) is 25.0 Å². The van der Waals surface area contributed by atoms with Crippen molar-refractivity contribution >= 4 is 35.6 Å². The molecule has 4 amide bonds. The number of hydrogen-bond donors (Lipinski definition) is 8. The highest BCUT2D eigenvalue weighted by molar-refractivity contribution is 5.94. The molecule has 14 heteroatoms. The van der Waals surface area contributed by atoms with Gasteiger partial charge >= 0.3 is 11.9 Å². The van der Waals surface area contributed by atoms with E-state index in [1.165, 1.54) is 19.1 Å². The lowest BCUT2D eigenvalue weighted by Crippen LogP contribution is -2.56. The van der Waals surface area contributed by atoms with Crippen LogP contribution in [0.1, 0.15) is 30.9 Å². The van der Waals surface area contributed by atoms with Gasteiger partial charge in [0.2, 0.25) is 23.6 Å². The number of aromatic hydroxyl groups is 1. The zero-order valence-corrected chi connectivity index (χ0v) is 22.9. The van der Waals surface area contributed by atoms with Gasteiger partial charge in [0.15, 0.2) is 0 Å². The minimum absolute atomic E-state index is 0.00416. The molecule has 0 fully saturated rings. The number of phenolic OH excluding ortho intramolecular Hbond substituents is 1. The van der Waals surface area contributed by atoms with Crippen molar-refractivity contribution in [3.05, 3.63) is 65.7 Å². The summed E-state index contributed by atoms with van der Waals surface area (Å²) in [6.07, 6.45) is -0.669. The molecule has 0 aliphatic rings. The number of aliphatic carboxylic acids is 2. The number of phenols is 1. The maximum Gasteiger partial charge on any atom is 0.326 e. The van der Waals surface area contributed by atoms with Crippen molar-refractivity contribution in [2.24, 2.45) is 5.73 Å². The van der Waals surface area contributed by atoms with E-state index in [1.54, 1.807) is 42.5 Å². The summed E-state index contributed by atoms with van der Waals surface area (Å²) in [5.41, 5.74) is 7.22. The first-order valence-electron chi connectivity index (χ1n) is 13.1. The maximum absolute atomic E-state index is 12.9. The number of carboxylic acids is 2. The third-order valence-corrected chi connectivity index (χ3v) is 6.10. The fraction of sp³-hybridized carbons (Fsp3) is 0.357. The van der Waals surface area contributed by atoms with Gasteiger partial charge in [0.1, 0.15) is 23.9 Å². The van der Waals surface area contributed by atoms with E-state index in [2.05, 4.69) is 21.3 Å². The molecule has 0 unspecified atom stereocenters. The molecule has 0 saturated carbocycles. The van der Waals surface area contributed by atoms with Gasteiger partial charge in [0.25, 0.3) is 0 Å². The predicted octanol–water partition coefficient (Wildman–Crippen LogP) is -0.955. The van der Waals surface area contributed by atoms with Crippen LogP contribution in [-0.4, -0.2) is 81.6 Å². The molecular formula is C28H35N5O9. The molecule has 0 aromatic heterocycles. The molecule has 0 aliphatic heterocycles. The van der Waals surface area contributed by atoms with Crippen molar-refractivity contribution in [2.75, 3.05) is 6.54 Å². The third-order valence-electron chi connectivity index (χ3n) is 6.10. The van der Waals surface area contributed by atoms with Crippen LogP contribution in [0.2, 0.25) is 0 Å². The number of nitrogens with one attached hydrogen (secondary N) is 4. The first kappa shape index (κ1) is 33.2. The molecule has 226 valence electrons. The second-order valence-electron chi connectivity index (χ2n) is 9.57. The fourth-order valence-electron chi connectivity index (χ4n) is 3.79.